The van der Waals surface area contributed by atoms with Crippen molar-refractivity contribution in [1.82, 2.24) is 5.32 Å². The number of hydrogen-bond donors (Lipinski definition) is 1. The fraction of sp³-hybridized carbons (Fsp3) is 1.00. The zero-order valence-corrected chi connectivity index (χ0v) is 10.9. The highest BCUT2D eigenvalue weighted by atomic mass is 32.2. The van der Waals surface area contributed by atoms with E-state index in [2.05, 4.69) is 17.1 Å². The zero-order valence-electron chi connectivity index (χ0n) is 10.0. The van der Waals surface area contributed by atoms with Crippen LogP contribution in [0.5, 0.6) is 0 Å². The van der Waals surface area contributed by atoms with Gasteiger partial charge in [0.05, 0.1) is 12.2 Å². The van der Waals surface area contributed by atoms with Crippen LogP contribution in [0.25, 0.3) is 0 Å². The predicted molar refractivity (Wildman–Crippen MR) is 69.0 cm³/mol. The van der Waals surface area contributed by atoms with Gasteiger partial charge in [-0.05, 0) is 30.9 Å². The largest absolute Gasteiger partial charge is 0.371 e. The van der Waals surface area contributed by atoms with E-state index in [1.54, 1.807) is 0 Å². The van der Waals surface area contributed by atoms with Gasteiger partial charge in [-0.25, -0.2) is 0 Å². The standard InChI is InChI=1S/C13H23NOS/c1-2-4-11(5-3-1)12-13(6-9-16-10-13)15-8-7-14-12/h11-12,14H,1-10H2. The van der Waals surface area contributed by atoms with E-state index in [4.69, 9.17) is 4.74 Å². The van der Waals surface area contributed by atoms with Crippen LogP contribution in [0.15, 0.2) is 0 Å². The molecule has 2 atom stereocenters. The third-order valence-corrected chi connectivity index (χ3v) is 5.75. The summed E-state index contributed by atoms with van der Waals surface area (Å²) in [5, 5.41) is 3.78. The van der Waals surface area contributed by atoms with Crippen LogP contribution in [0, 0.1) is 5.92 Å². The number of thioether (sulfide) groups is 1. The minimum absolute atomic E-state index is 0.199. The Balaban J connectivity index is 1.74. The summed E-state index contributed by atoms with van der Waals surface area (Å²) in [5.41, 5.74) is 0.199. The topological polar surface area (TPSA) is 21.3 Å². The van der Waals surface area contributed by atoms with E-state index in [1.807, 2.05) is 0 Å². The fourth-order valence-corrected chi connectivity index (χ4v) is 5.12. The molecular formula is C13H23NOS. The molecule has 2 aliphatic heterocycles. The maximum Gasteiger partial charge on any atom is 0.0935 e. The molecule has 3 heteroatoms. The molecule has 3 aliphatic rings. The predicted octanol–water partition coefficient (Wildman–Crippen LogP) is 2.43. The van der Waals surface area contributed by atoms with Gasteiger partial charge in [-0.2, -0.15) is 11.8 Å². The van der Waals surface area contributed by atoms with E-state index >= 15 is 0 Å². The van der Waals surface area contributed by atoms with Gasteiger partial charge >= 0.3 is 0 Å². The lowest BCUT2D eigenvalue weighted by atomic mass is 9.75. The van der Waals surface area contributed by atoms with Crippen molar-refractivity contribution < 1.29 is 4.74 Å². The molecule has 1 N–H and O–H groups in total. The van der Waals surface area contributed by atoms with Crippen LogP contribution in [-0.4, -0.2) is 36.3 Å². The summed E-state index contributed by atoms with van der Waals surface area (Å²) in [6, 6.07) is 0.650. The Morgan fingerprint density at radius 1 is 1.19 bits per heavy atom. The summed E-state index contributed by atoms with van der Waals surface area (Å²) in [5.74, 6) is 3.40. The molecule has 1 saturated carbocycles. The summed E-state index contributed by atoms with van der Waals surface area (Å²) < 4.78 is 6.21. The lowest BCUT2D eigenvalue weighted by Gasteiger charge is -2.46. The maximum absolute atomic E-state index is 6.21. The Bertz CT molecular complexity index is 234. The van der Waals surface area contributed by atoms with Crippen molar-refractivity contribution >= 4 is 11.8 Å². The summed E-state index contributed by atoms with van der Waals surface area (Å²) in [7, 11) is 0. The minimum atomic E-state index is 0.199. The van der Waals surface area contributed by atoms with Gasteiger partial charge in [0.15, 0.2) is 0 Å². The molecule has 0 bridgehead atoms. The first kappa shape index (κ1) is 11.4. The molecule has 16 heavy (non-hydrogen) atoms. The van der Waals surface area contributed by atoms with Crippen molar-refractivity contribution in [1.29, 1.82) is 0 Å². The SMILES string of the molecule is C1CCC(C2NCCOC23CCSC3)CC1. The van der Waals surface area contributed by atoms with Crippen LogP contribution in [0.2, 0.25) is 0 Å². The second-order valence-corrected chi connectivity index (χ2v) is 6.65. The molecule has 1 spiro atoms. The fourth-order valence-electron chi connectivity index (χ4n) is 3.73. The van der Waals surface area contributed by atoms with Crippen LogP contribution in [-0.2, 0) is 4.74 Å². The van der Waals surface area contributed by atoms with E-state index in [0.29, 0.717) is 6.04 Å². The quantitative estimate of drug-likeness (QED) is 0.762. The van der Waals surface area contributed by atoms with Crippen LogP contribution < -0.4 is 5.32 Å². The summed E-state index contributed by atoms with van der Waals surface area (Å²) >= 11 is 2.08. The Hall–Kier alpha value is 0.270. The summed E-state index contributed by atoms with van der Waals surface area (Å²) in [6.45, 7) is 1.98. The number of rotatable bonds is 1. The first-order chi connectivity index (χ1) is 7.91. The van der Waals surface area contributed by atoms with Gasteiger partial charge in [0.25, 0.3) is 0 Å². The van der Waals surface area contributed by atoms with Crippen molar-refractivity contribution in [2.45, 2.75) is 50.2 Å². The number of morpholine rings is 1. The maximum atomic E-state index is 6.21. The Morgan fingerprint density at radius 3 is 2.81 bits per heavy atom. The molecule has 2 unspecified atom stereocenters. The second-order valence-electron chi connectivity index (χ2n) is 5.55. The van der Waals surface area contributed by atoms with Crippen molar-refractivity contribution in [3.05, 3.63) is 0 Å². The van der Waals surface area contributed by atoms with E-state index in [-0.39, 0.29) is 5.60 Å². The molecule has 2 saturated heterocycles. The molecule has 3 rings (SSSR count). The molecule has 92 valence electrons. The Kier molecular flexibility index (Phi) is 3.46. The number of nitrogens with one attached hydrogen (secondary N) is 1. The lowest BCUT2D eigenvalue weighted by molar-refractivity contribution is -0.0962. The molecular weight excluding hydrogens is 218 g/mol. The van der Waals surface area contributed by atoms with E-state index < -0.39 is 0 Å². The summed E-state index contributed by atoms with van der Waals surface area (Å²) in [6.07, 6.45) is 8.44. The molecule has 0 aromatic heterocycles. The van der Waals surface area contributed by atoms with Crippen LogP contribution in [0.3, 0.4) is 0 Å². The third-order valence-electron chi connectivity index (χ3n) is 4.56. The molecule has 2 nitrogen and oxygen atoms in total. The third kappa shape index (κ3) is 2.02. The molecule has 1 aliphatic carbocycles. The molecule has 0 aromatic rings. The molecule has 2 heterocycles. The molecule has 0 radical (unpaired) electrons. The van der Waals surface area contributed by atoms with Crippen molar-refractivity contribution in [3.8, 4) is 0 Å². The van der Waals surface area contributed by atoms with Crippen molar-refractivity contribution in [2.24, 2.45) is 5.92 Å². The zero-order chi connectivity index (χ0) is 10.8. The Labute approximate surface area is 103 Å². The number of hydrogen-bond acceptors (Lipinski definition) is 3. The van der Waals surface area contributed by atoms with Gasteiger partial charge in [-0.1, -0.05) is 19.3 Å². The van der Waals surface area contributed by atoms with Gasteiger partial charge in [0.2, 0.25) is 0 Å². The Morgan fingerprint density at radius 2 is 2.06 bits per heavy atom. The van der Waals surface area contributed by atoms with Crippen molar-refractivity contribution in [3.63, 3.8) is 0 Å². The highest BCUT2D eigenvalue weighted by Crippen LogP contribution is 2.41. The van der Waals surface area contributed by atoms with Crippen LogP contribution in [0.4, 0.5) is 0 Å². The van der Waals surface area contributed by atoms with Crippen LogP contribution in [0.1, 0.15) is 38.5 Å². The minimum Gasteiger partial charge on any atom is -0.371 e. The first-order valence-corrected chi connectivity index (χ1v) is 8.01. The van der Waals surface area contributed by atoms with E-state index in [1.165, 1.54) is 50.0 Å². The average Bonchev–Trinajstić information content (AvgIpc) is 2.80. The first-order valence-electron chi connectivity index (χ1n) is 6.86. The van der Waals surface area contributed by atoms with Gasteiger partial charge in [-0.3, -0.25) is 0 Å². The average molecular weight is 241 g/mol. The number of ether oxygens (including phenoxy) is 1. The van der Waals surface area contributed by atoms with E-state index in [9.17, 15) is 0 Å². The van der Waals surface area contributed by atoms with Crippen molar-refractivity contribution in [2.75, 3.05) is 24.7 Å². The van der Waals surface area contributed by atoms with Crippen LogP contribution >= 0.6 is 11.8 Å². The van der Waals surface area contributed by atoms with E-state index in [0.717, 1.165) is 19.1 Å². The highest BCUT2D eigenvalue weighted by molar-refractivity contribution is 7.99. The van der Waals surface area contributed by atoms with Gasteiger partial charge in [-0.15, -0.1) is 0 Å². The second kappa shape index (κ2) is 4.87. The normalized spacial score (nSPS) is 41.6. The van der Waals surface area contributed by atoms with Gasteiger partial charge in [0, 0.05) is 18.3 Å². The van der Waals surface area contributed by atoms with Gasteiger partial charge < -0.3 is 10.1 Å². The molecule has 0 amide bonds. The summed E-state index contributed by atoms with van der Waals surface area (Å²) in [4.78, 5) is 0. The monoisotopic (exact) mass is 241 g/mol. The molecule has 3 fully saturated rings. The smallest absolute Gasteiger partial charge is 0.0935 e. The highest BCUT2D eigenvalue weighted by Gasteiger charge is 2.47. The lowest BCUT2D eigenvalue weighted by Crippen LogP contribution is -2.61. The van der Waals surface area contributed by atoms with Gasteiger partial charge in [0.1, 0.15) is 0 Å². The molecule has 0 aromatic carbocycles.